The summed E-state index contributed by atoms with van der Waals surface area (Å²) in [7, 11) is 0. The fourth-order valence-electron chi connectivity index (χ4n) is 2.97. The number of hydrogen-bond acceptors (Lipinski definition) is 2. The molecule has 0 unspecified atom stereocenters. The van der Waals surface area contributed by atoms with E-state index >= 15 is 0 Å². The van der Waals surface area contributed by atoms with Crippen LogP contribution in [0.5, 0.6) is 0 Å². The molecular weight excluding hydrogens is 248 g/mol. The molecule has 2 N–H and O–H groups in total. The molecule has 1 aliphatic heterocycles. The van der Waals surface area contributed by atoms with Crippen molar-refractivity contribution >= 4 is 5.91 Å². The quantitative estimate of drug-likeness (QED) is 0.897. The Balaban J connectivity index is 1.79. The van der Waals surface area contributed by atoms with E-state index in [2.05, 4.69) is 37.3 Å². The van der Waals surface area contributed by atoms with Crippen molar-refractivity contribution in [3.63, 3.8) is 0 Å². The lowest BCUT2D eigenvalue weighted by molar-refractivity contribution is -0.134. The standard InChI is InChI=1S/C17H26N2O/c1-2-6-16(18)17(20)19-11-9-15(10-12-19)13-14-7-4-3-5-8-14/h3-5,7-8,15-16H,2,6,9-13,18H2,1H3/t16-/m0/s1. The first-order chi connectivity index (χ1) is 9.70. The van der Waals surface area contributed by atoms with Gasteiger partial charge >= 0.3 is 0 Å². The molecule has 1 amide bonds. The monoisotopic (exact) mass is 274 g/mol. The number of nitrogens with zero attached hydrogens (tertiary/aromatic N) is 1. The number of hydrogen-bond donors (Lipinski definition) is 1. The maximum Gasteiger partial charge on any atom is 0.239 e. The predicted octanol–water partition coefficient (Wildman–Crippen LogP) is 2.60. The second-order valence-electron chi connectivity index (χ2n) is 5.85. The number of carbonyl (C=O) groups excluding carboxylic acids is 1. The molecule has 1 saturated heterocycles. The zero-order valence-electron chi connectivity index (χ0n) is 12.4. The number of piperidine rings is 1. The lowest BCUT2D eigenvalue weighted by atomic mass is 9.90. The van der Waals surface area contributed by atoms with Crippen LogP contribution < -0.4 is 5.73 Å². The lowest BCUT2D eigenvalue weighted by Gasteiger charge is -2.33. The summed E-state index contributed by atoms with van der Waals surface area (Å²) < 4.78 is 0. The van der Waals surface area contributed by atoms with E-state index in [0.717, 1.165) is 45.2 Å². The van der Waals surface area contributed by atoms with Crippen LogP contribution in [0.1, 0.15) is 38.2 Å². The second-order valence-corrected chi connectivity index (χ2v) is 5.85. The Morgan fingerprint density at radius 2 is 1.95 bits per heavy atom. The van der Waals surface area contributed by atoms with Crippen LogP contribution >= 0.6 is 0 Å². The van der Waals surface area contributed by atoms with Crippen molar-refractivity contribution in [1.29, 1.82) is 0 Å². The van der Waals surface area contributed by atoms with Crippen molar-refractivity contribution in [1.82, 2.24) is 4.90 Å². The molecule has 1 fully saturated rings. The molecule has 3 nitrogen and oxygen atoms in total. The van der Waals surface area contributed by atoms with Gasteiger partial charge in [0.25, 0.3) is 0 Å². The van der Waals surface area contributed by atoms with Crippen molar-refractivity contribution in [3.05, 3.63) is 35.9 Å². The van der Waals surface area contributed by atoms with Crippen LogP contribution in [0.15, 0.2) is 30.3 Å². The van der Waals surface area contributed by atoms with Gasteiger partial charge < -0.3 is 10.6 Å². The maximum absolute atomic E-state index is 12.2. The molecule has 0 saturated carbocycles. The first kappa shape index (κ1) is 15.0. The first-order valence-electron chi connectivity index (χ1n) is 7.79. The molecular formula is C17H26N2O. The third-order valence-electron chi connectivity index (χ3n) is 4.21. The van der Waals surface area contributed by atoms with Gasteiger partial charge in [-0.05, 0) is 37.2 Å². The fourth-order valence-corrected chi connectivity index (χ4v) is 2.97. The smallest absolute Gasteiger partial charge is 0.239 e. The molecule has 0 bridgehead atoms. The van der Waals surface area contributed by atoms with Crippen LogP contribution in [-0.2, 0) is 11.2 Å². The summed E-state index contributed by atoms with van der Waals surface area (Å²) in [5.41, 5.74) is 7.33. The van der Waals surface area contributed by atoms with Crippen LogP contribution in [-0.4, -0.2) is 29.9 Å². The summed E-state index contributed by atoms with van der Waals surface area (Å²) in [6, 6.07) is 10.3. The summed E-state index contributed by atoms with van der Waals surface area (Å²) in [5.74, 6) is 0.842. The van der Waals surface area contributed by atoms with Gasteiger partial charge in [-0.15, -0.1) is 0 Å². The average Bonchev–Trinajstić information content (AvgIpc) is 2.48. The third-order valence-corrected chi connectivity index (χ3v) is 4.21. The zero-order chi connectivity index (χ0) is 14.4. The molecule has 0 radical (unpaired) electrons. The zero-order valence-corrected chi connectivity index (χ0v) is 12.4. The minimum Gasteiger partial charge on any atom is -0.341 e. The van der Waals surface area contributed by atoms with Gasteiger partial charge in [-0.25, -0.2) is 0 Å². The Hall–Kier alpha value is -1.35. The van der Waals surface area contributed by atoms with Gasteiger partial charge in [-0.2, -0.15) is 0 Å². The Kier molecular flexibility index (Phi) is 5.60. The van der Waals surface area contributed by atoms with Gasteiger partial charge in [0.15, 0.2) is 0 Å². The fraction of sp³-hybridized carbons (Fsp3) is 0.588. The van der Waals surface area contributed by atoms with Crippen molar-refractivity contribution in [2.45, 2.75) is 45.1 Å². The van der Waals surface area contributed by atoms with Gasteiger partial charge in [-0.3, -0.25) is 4.79 Å². The summed E-state index contributed by atoms with van der Waals surface area (Å²) in [6.45, 7) is 3.81. The van der Waals surface area contributed by atoms with Crippen molar-refractivity contribution in [3.8, 4) is 0 Å². The summed E-state index contributed by atoms with van der Waals surface area (Å²) >= 11 is 0. The Morgan fingerprint density at radius 3 is 2.55 bits per heavy atom. The van der Waals surface area contributed by atoms with Gasteiger partial charge in [-0.1, -0.05) is 43.7 Å². The SMILES string of the molecule is CCC[C@H](N)C(=O)N1CCC(Cc2ccccc2)CC1. The highest BCUT2D eigenvalue weighted by Crippen LogP contribution is 2.22. The Morgan fingerprint density at radius 1 is 1.30 bits per heavy atom. The van der Waals surface area contributed by atoms with E-state index in [4.69, 9.17) is 5.73 Å². The Bertz CT molecular complexity index is 410. The highest BCUT2D eigenvalue weighted by atomic mass is 16.2. The molecule has 20 heavy (non-hydrogen) atoms. The minimum atomic E-state index is -0.300. The number of likely N-dealkylation sites (tertiary alicyclic amines) is 1. The van der Waals surface area contributed by atoms with Gasteiger partial charge in [0.1, 0.15) is 0 Å². The van der Waals surface area contributed by atoms with E-state index < -0.39 is 0 Å². The number of rotatable bonds is 5. The van der Waals surface area contributed by atoms with Gasteiger partial charge in [0.05, 0.1) is 6.04 Å². The molecule has 1 aliphatic rings. The van der Waals surface area contributed by atoms with E-state index in [-0.39, 0.29) is 11.9 Å². The Labute approximate surface area is 122 Å². The normalized spacial score (nSPS) is 18.0. The largest absolute Gasteiger partial charge is 0.341 e. The van der Waals surface area contributed by atoms with Gasteiger partial charge in [0, 0.05) is 13.1 Å². The second kappa shape index (κ2) is 7.44. The molecule has 1 atom stereocenters. The number of nitrogens with two attached hydrogens (primary N) is 1. The molecule has 3 heteroatoms. The molecule has 1 aromatic rings. The third kappa shape index (κ3) is 4.07. The summed E-state index contributed by atoms with van der Waals surface area (Å²) in [5, 5.41) is 0. The van der Waals surface area contributed by atoms with E-state index in [9.17, 15) is 4.79 Å². The minimum absolute atomic E-state index is 0.144. The number of benzene rings is 1. The van der Waals surface area contributed by atoms with E-state index in [1.807, 2.05) is 4.90 Å². The van der Waals surface area contributed by atoms with E-state index in [0.29, 0.717) is 5.92 Å². The number of carbonyl (C=O) groups is 1. The van der Waals surface area contributed by atoms with Crippen molar-refractivity contribution in [2.24, 2.45) is 11.7 Å². The molecule has 1 aromatic carbocycles. The molecule has 0 spiro atoms. The molecule has 1 heterocycles. The summed E-state index contributed by atoms with van der Waals surface area (Å²) in [4.78, 5) is 14.1. The first-order valence-corrected chi connectivity index (χ1v) is 7.79. The molecule has 0 aliphatic carbocycles. The lowest BCUT2D eigenvalue weighted by Crippen LogP contribution is -2.47. The van der Waals surface area contributed by atoms with Crippen LogP contribution in [0.25, 0.3) is 0 Å². The highest BCUT2D eigenvalue weighted by Gasteiger charge is 2.25. The van der Waals surface area contributed by atoms with Crippen LogP contribution in [0.4, 0.5) is 0 Å². The molecule has 0 aromatic heterocycles. The van der Waals surface area contributed by atoms with Crippen LogP contribution in [0.3, 0.4) is 0 Å². The maximum atomic E-state index is 12.2. The van der Waals surface area contributed by atoms with Crippen molar-refractivity contribution in [2.75, 3.05) is 13.1 Å². The number of amides is 1. The highest BCUT2D eigenvalue weighted by molar-refractivity contribution is 5.81. The van der Waals surface area contributed by atoms with E-state index in [1.54, 1.807) is 0 Å². The predicted molar refractivity (Wildman–Crippen MR) is 82.3 cm³/mol. The molecule has 2 rings (SSSR count). The van der Waals surface area contributed by atoms with Crippen LogP contribution in [0, 0.1) is 5.92 Å². The molecule has 110 valence electrons. The topological polar surface area (TPSA) is 46.3 Å². The van der Waals surface area contributed by atoms with Gasteiger partial charge in [0.2, 0.25) is 5.91 Å². The van der Waals surface area contributed by atoms with Crippen molar-refractivity contribution < 1.29 is 4.79 Å². The average molecular weight is 274 g/mol. The van der Waals surface area contributed by atoms with E-state index in [1.165, 1.54) is 5.56 Å². The van der Waals surface area contributed by atoms with Crippen LogP contribution in [0.2, 0.25) is 0 Å². The summed E-state index contributed by atoms with van der Waals surface area (Å²) in [6.07, 6.45) is 5.09.